The van der Waals surface area contributed by atoms with Crippen molar-refractivity contribution in [3.8, 4) is 11.1 Å². The molecule has 1 heteroatoms. The van der Waals surface area contributed by atoms with Crippen molar-refractivity contribution >= 4 is 32.9 Å². The molecule has 0 bridgehead atoms. The summed E-state index contributed by atoms with van der Waals surface area (Å²) >= 11 is 0. The quantitative estimate of drug-likeness (QED) is 0.213. The zero-order chi connectivity index (χ0) is 26.5. The van der Waals surface area contributed by atoms with Crippen LogP contribution in [-0.2, 0) is 6.42 Å². The Bertz CT molecular complexity index is 1930. The molecule has 6 aromatic rings. The molecule has 1 aliphatic carbocycles. The van der Waals surface area contributed by atoms with Gasteiger partial charge in [0.1, 0.15) is 0 Å². The smallest absolute Gasteiger partial charge is 0.0629 e. The predicted molar refractivity (Wildman–Crippen MR) is 170 cm³/mol. The van der Waals surface area contributed by atoms with E-state index >= 15 is 0 Å². The number of nitrogens with zero attached hydrogens (tertiary/aromatic N) is 1. The molecule has 40 heavy (non-hydrogen) atoms. The molecule has 0 aromatic heterocycles. The van der Waals surface area contributed by atoms with Crippen LogP contribution in [-0.4, -0.2) is 6.04 Å². The van der Waals surface area contributed by atoms with Gasteiger partial charge in [0, 0.05) is 17.3 Å². The Labute approximate surface area is 235 Å². The Hall–Kier alpha value is -4.88. The lowest BCUT2D eigenvalue weighted by Gasteiger charge is -2.28. The van der Waals surface area contributed by atoms with Gasteiger partial charge in [-0.2, -0.15) is 0 Å². The molecule has 0 amide bonds. The van der Waals surface area contributed by atoms with Crippen LogP contribution in [0.15, 0.2) is 152 Å². The van der Waals surface area contributed by atoms with Crippen molar-refractivity contribution in [3.63, 3.8) is 0 Å². The molecule has 2 unspecified atom stereocenters. The van der Waals surface area contributed by atoms with Crippen molar-refractivity contribution in [2.45, 2.75) is 18.4 Å². The van der Waals surface area contributed by atoms with Gasteiger partial charge in [-0.05, 0) is 74.0 Å². The second-order valence-corrected chi connectivity index (χ2v) is 10.9. The molecule has 2 aliphatic rings. The first-order valence-corrected chi connectivity index (χ1v) is 14.2. The fraction of sp³-hybridized carbons (Fsp3) is 0.0769. The van der Waals surface area contributed by atoms with Crippen LogP contribution in [0.25, 0.3) is 32.7 Å². The van der Waals surface area contributed by atoms with E-state index in [9.17, 15) is 0 Å². The van der Waals surface area contributed by atoms with Gasteiger partial charge in [-0.3, -0.25) is 0 Å². The van der Waals surface area contributed by atoms with E-state index in [1.54, 1.807) is 0 Å². The van der Waals surface area contributed by atoms with E-state index in [4.69, 9.17) is 0 Å². The largest absolute Gasteiger partial charge is 0.333 e. The number of anilines is 2. The van der Waals surface area contributed by atoms with Crippen LogP contribution in [0.2, 0.25) is 0 Å². The van der Waals surface area contributed by atoms with Gasteiger partial charge in [0.25, 0.3) is 0 Å². The van der Waals surface area contributed by atoms with Crippen molar-refractivity contribution in [2.75, 3.05) is 4.90 Å². The van der Waals surface area contributed by atoms with Gasteiger partial charge in [0.15, 0.2) is 0 Å². The first-order chi connectivity index (χ1) is 19.8. The average Bonchev–Trinajstić information content (AvgIpc) is 3.36. The maximum atomic E-state index is 2.49. The van der Waals surface area contributed by atoms with Gasteiger partial charge in [0.2, 0.25) is 0 Å². The highest BCUT2D eigenvalue weighted by Crippen LogP contribution is 2.47. The SMILES string of the molecule is C1=CC2c3ccccc3N(c3ccc(-c4ccc(Cc5cc6ccccc6c6ccccc56)cc4)cc3)C2C=C1. The Kier molecular flexibility index (Phi) is 5.41. The van der Waals surface area contributed by atoms with Crippen LogP contribution in [0.5, 0.6) is 0 Å². The van der Waals surface area contributed by atoms with Crippen molar-refractivity contribution in [2.24, 2.45) is 0 Å². The number of rotatable bonds is 4. The van der Waals surface area contributed by atoms with Gasteiger partial charge < -0.3 is 4.90 Å². The molecule has 2 atom stereocenters. The fourth-order valence-corrected chi connectivity index (χ4v) is 6.72. The van der Waals surface area contributed by atoms with Crippen LogP contribution in [0.1, 0.15) is 22.6 Å². The molecule has 0 N–H and O–H groups in total. The third-order valence-electron chi connectivity index (χ3n) is 8.64. The first kappa shape index (κ1) is 23.0. The minimum Gasteiger partial charge on any atom is -0.333 e. The van der Waals surface area contributed by atoms with Crippen LogP contribution >= 0.6 is 0 Å². The van der Waals surface area contributed by atoms with Gasteiger partial charge >= 0.3 is 0 Å². The zero-order valence-corrected chi connectivity index (χ0v) is 22.2. The Balaban J connectivity index is 1.07. The molecule has 190 valence electrons. The number of allylic oxidation sites excluding steroid dienone is 2. The van der Waals surface area contributed by atoms with Crippen LogP contribution < -0.4 is 4.90 Å². The molecule has 0 fully saturated rings. The van der Waals surface area contributed by atoms with Crippen molar-refractivity contribution in [1.29, 1.82) is 0 Å². The molecule has 0 radical (unpaired) electrons. The molecule has 1 nitrogen and oxygen atoms in total. The highest BCUT2D eigenvalue weighted by atomic mass is 15.2. The second kappa shape index (κ2) is 9.39. The van der Waals surface area contributed by atoms with Crippen molar-refractivity contribution in [3.05, 3.63) is 168 Å². The molecule has 0 saturated heterocycles. The van der Waals surface area contributed by atoms with Crippen molar-refractivity contribution < 1.29 is 0 Å². The lowest BCUT2D eigenvalue weighted by atomic mass is 9.91. The number of hydrogen-bond donors (Lipinski definition) is 0. The number of fused-ring (bicyclic) bond motifs is 6. The number of hydrogen-bond acceptors (Lipinski definition) is 1. The summed E-state index contributed by atoms with van der Waals surface area (Å²) in [6.07, 6.45) is 9.94. The zero-order valence-electron chi connectivity index (χ0n) is 22.2. The predicted octanol–water partition coefficient (Wildman–Crippen LogP) is 9.98. The maximum Gasteiger partial charge on any atom is 0.0629 e. The van der Waals surface area contributed by atoms with Gasteiger partial charge in [-0.1, -0.05) is 133 Å². The summed E-state index contributed by atoms with van der Waals surface area (Å²) in [5.41, 5.74) is 9.16. The standard InChI is InChI=1S/C39H29N/c1-2-10-33-30(9-1)26-31(34-11-3-4-12-35(33)34)25-27-17-19-28(20-18-27)29-21-23-32(24-22-29)40-38-15-7-5-13-36(38)37-14-6-8-16-39(37)40/h1-24,26,36,38H,25H2. The summed E-state index contributed by atoms with van der Waals surface area (Å²) in [7, 11) is 0. The maximum absolute atomic E-state index is 2.49. The highest BCUT2D eigenvalue weighted by Gasteiger charge is 2.36. The van der Waals surface area contributed by atoms with E-state index in [-0.39, 0.29) is 0 Å². The highest BCUT2D eigenvalue weighted by molar-refractivity contribution is 6.09. The number of benzene rings is 6. The van der Waals surface area contributed by atoms with E-state index in [0.29, 0.717) is 12.0 Å². The molecule has 1 aliphatic heterocycles. The first-order valence-electron chi connectivity index (χ1n) is 14.2. The van der Waals surface area contributed by atoms with E-state index in [1.807, 2.05) is 0 Å². The van der Waals surface area contributed by atoms with E-state index in [2.05, 4.69) is 157 Å². The summed E-state index contributed by atoms with van der Waals surface area (Å²) in [6.45, 7) is 0. The lowest BCUT2D eigenvalue weighted by molar-refractivity contribution is 0.745. The minimum absolute atomic E-state index is 0.332. The molecule has 6 aromatic carbocycles. The third-order valence-corrected chi connectivity index (χ3v) is 8.64. The molecule has 1 heterocycles. The van der Waals surface area contributed by atoms with E-state index in [1.165, 1.54) is 60.7 Å². The van der Waals surface area contributed by atoms with Gasteiger partial charge in [-0.15, -0.1) is 0 Å². The third kappa shape index (κ3) is 3.78. The normalized spacial score (nSPS) is 17.4. The average molecular weight is 512 g/mol. The second-order valence-electron chi connectivity index (χ2n) is 10.9. The Morgan fingerprint density at radius 2 is 1.20 bits per heavy atom. The monoisotopic (exact) mass is 511 g/mol. The van der Waals surface area contributed by atoms with Gasteiger partial charge in [0.05, 0.1) is 6.04 Å². The van der Waals surface area contributed by atoms with E-state index in [0.717, 1.165) is 6.42 Å². The van der Waals surface area contributed by atoms with Crippen LogP contribution in [0, 0.1) is 0 Å². The lowest BCUT2D eigenvalue weighted by Crippen LogP contribution is -2.28. The molecular weight excluding hydrogens is 482 g/mol. The summed E-state index contributed by atoms with van der Waals surface area (Å²) in [5.74, 6) is 0.410. The summed E-state index contributed by atoms with van der Waals surface area (Å²) in [5, 5.41) is 5.30. The van der Waals surface area contributed by atoms with Crippen LogP contribution in [0.3, 0.4) is 0 Å². The molecule has 8 rings (SSSR count). The summed E-state index contributed by atoms with van der Waals surface area (Å²) in [4.78, 5) is 2.49. The van der Waals surface area contributed by atoms with E-state index < -0.39 is 0 Å². The minimum atomic E-state index is 0.332. The molecular formula is C39H29N. The summed E-state index contributed by atoms with van der Waals surface area (Å²) in [6, 6.07) is 47.2. The van der Waals surface area contributed by atoms with Crippen molar-refractivity contribution in [1.82, 2.24) is 0 Å². The molecule has 0 saturated carbocycles. The number of para-hydroxylation sites is 1. The van der Waals surface area contributed by atoms with Crippen LogP contribution in [0.4, 0.5) is 11.4 Å². The fourth-order valence-electron chi connectivity index (χ4n) is 6.72. The summed E-state index contributed by atoms with van der Waals surface area (Å²) < 4.78 is 0. The Morgan fingerprint density at radius 1 is 0.550 bits per heavy atom. The Morgan fingerprint density at radius 3 is 2.02 bits per heavy atom. The molecule has 0 spiro atoms. The topological polar surface area (TPSA) is 3.24 Å². The van der Waals surface area contributed by atoms with Gasteiger partial charge in [-0.25, -0.2) is 0 Å².